The second-order valence-corrected chi connectivity index (χ2v) is 5.38. The smallest absolute Gasteiger partial charge is 0.108 e. The maximum atomic E-state index is 5.87. The molecule has 0 radical (unpaired) electrons. The quantitative estimate of drug-likeness (QED) is 0.943. The molecule has 86 valence electrons. The lowest BCUT2D eigenvalue weighted by atomic mass is 10.2. The van der Waals surface area contributed by atoms with Gasteiger partial charge in [-0.25, -0.2) is 4.98 Å². The predicted octanol–water partition coefficient (Wildman–Crippen LogP) is 2.82. The second kappa shape index (κ2) is 5.12. The Labute approximate surface area is 107 Å². The summed E-state index contributed by atoms with van der Waals surface area (Å²) >= 11 is 5.20. The molecule has 1 unspecified atom stereocenters. The molecule has 0 aliphatic carbocycles. The molecule has 0 aliphatic heterocycles. The third-order valence-corrected chi connectivity index (χ3v) is 4.34. The number of rotatable bonds is 4. The third kappa shape index (κ3) is 2.21. The lowest BCUT2D eigenvalue weighted by Gasteiger charge is -2.17. The van der Waals surface area contributed by atoms with E-state index < -0.39 is 0 Å². The van der Waals surface area contributed by atoms with Crippen molar-refractivity contribution in [3.05, 3.63) is 39.0 Å². The first-order valence-electron chi connectivity index (χ1n) is 5.22. The third-order valence-electron chi connectivity index (χ3n) is 2.54. The zero-order chi connectivity index (χ0) is 11.5. The average Bonchev–Trinajstić information content (AvgIpc) is 2.89. The largest absolute Gasteiger partial charge is 0.328 e. The van der Waals surface area contributed by atoms with Crippen LogP contribution < -0.4 is 5.73 Å². The first-order valence-corrected chi connectivity index (χ1v) is 6.89. The fourth-order valence-electron chi connectivity index (χ4n) is 1.77. The van der Waals surface area contributed by atoms with Crippen LogP contribution in [0.4, 0.5) is 0 Å². The Balaban J connectivity index is 2.36. The van der Waals surface area contributed by atoms with Crippen molar-refractivity contribution in [1.82, 2.24) is 9.55 Å². The molecule has 2 aromatic heterocycles. The molecule has 0 saturated carbocycles. The van der Waals surface area contributed by atoms with Crippen molar-refractivity contribution < 1.29 is 0 Å². The fourth-order valence-corrected chi connectivity index (χ4v) is 3.33. The molecule has 0 aromatic carbocycles. The van der Waals surface area contributed by atoms with Gasteiger partial charge in [0.1, 0.15) is 5.82 Å². The van der Waals surface area contributed by atoms with Gasteiger partial charge in [0.25, 0.3) is 0 Å². The van der Waals surface area contributed by atoms with Crippen LogP contribution in [0, 0.1) is 0 Å². The number of nitrogens with zero attached hydrogens (tertiary/aromatic N) is 2. The molecule has 0 bridgehead atoms. The SMILES string of the molecule is CCc1nccn1C(CN)c1cc(Br)cs1. The first-order chi connectivity index (χ1) is 7.76. The van der Waals surface area contributed by atoms with E-state index in [1.807, 2.05) is 12.4 Å². The number of halogens is 1. The van der Waals surface area contributed by atoms with E-state index in [1.165, 1.54) is 4.88 Å². The molecule has 2 aromatic rings. The fraction of sp³-hybridized carbons (Fsp3) is 0.364. The molecule has 1 atom stereocenters. The molecular weight excluding hydrogens is 286 g/mol. The minimum Gasteiger partial charge on any atom is -0.328 e. The van der Waals surface area contributed by atoms with Crippen LogP contribution >= 0.6 is 27.3 Å². The molecule has 5 heteroatoms. The van der Waals surface area contributed by atoms with Crippen LogP contribution in [0.5, 0.6) is 0 Å². The topological polar surface area (TPSA) is 43.8 Å². The Morgan fingerprint density at radius 1 is 1.62 bits per heavy atom. The maximum Gasteiger partial charge on any atom is 0.108 e. The van der Waals surface area contributed by atoms with E-state index in [0.29, 0.717) is 6.54 Å². The van der Waals surface area contributed by atoms with E-state index in [-0.39, 0.29) is 6.04 Å². The standard InChI is InChI=1S/C11H14BrN3S/c1-2-11-14-3-4-15(11)9(6-13)10-5-8(12)7-16-10/h3-5,7,9H,2,6,13H2,1H3. The van der Waals surface area contributed by atoms with Crippen molar-refractivity contribution in [1.29, 1.82) is 0 Å². The van der Waals surface area contributed by atoms with Crippen LogP contribution in [0.1, 0.15) is 23.7 Å². The molecule has 2 heterocycles. The molecule has 16 heavy (non-hydrogen) atoms. The summed E-state index contributed by atoms with van der Waals surface area (Å²) in [7, 11) is 0. The molecule has 0 amide bonds. The zero-order valence-electron chi connectivity index (χ0n) is 9.06. The summed E-state index contributed by atoms with van der Waals surface area (Å²) < 4.78 is 3.28. The average molecular weight is 300 g/mol. The number of nitrogens with two attached hydrogens (primary N) is 1. The van der Waals surface area contributed by atoms with Gasteiger partial charge in [-0.2, -0.15) is 0 Å². The summed E-state index contributed by atoms with van der Waals surface area (Å²) in [6.07, 6.45) is 4.77. The normalized spacial score (nSPS) is 12.9. The van der Waals surface area contributed by atoms with Crippen LogP contribution in [0.15, 0.2) is 28.3 Å². The monoisotopic (exact) mass is 299 g/mol. The van der Waals surface area contributed by atoms with Gasteiger partial charge in [-0.1, -0.05) is 6.92 Å². The van der Waals surface area contributed by atoms with E-state index in [4.69, 9.17) is 5.73 Å². The molecule has 0 fully saturated rings. The van der Waals surface area contributed by atoms with E-state index >= 15 is 0 Å². The Bertz CT molecular complexity index is 463. The number of imidazole rings is 1. The number of hydrogen-bond donors (Lipinski definition) is 1. The van der Waals surface area contributed by atoms with Gasteiger partial charge in [0.15, 0.2) is 0 Å². The zero-order valence-corrected chi connectivity index (χ0v) is 11.5. The Kier molecular flexibility index (Phi) is 3.78. The van der Waals surface area contributed by atoms with Gasteiger partial charge in [0.05, 0.1) is 6.04 Å². The lowest BCUT2D eigenvalue weighted by Crippen LogP contribution is -2.20. The number of aryl methyl sites for hydroxylation is 1. The molecule has 3 nitrogen and oxygen atoms in total. The highest BCUT2D eigenvalue weighted by atomic mass is 79.9. The highest BCUT2D eigenvalue weighted by Gasteiger charge is 2.16. The van der Waals surface area contributed by atoms with Crippen molar-refractivity contribution in [2.75, 3.05) is 6.54 Å². The van der Waals surface area contributed by atoms with Gasteiger partial charge >= 0.3 is 0 Å². The van der Waals surface area contributed by atoms with Gasteiger partial charge in [0, 0.05) is 40.1 Å². The molecule has 2 N–H and O–H groups in total. The number of thiophene rings is 1. The second-order valence-electron chi connectivity index (χ2n) is 3.52. The van der Waals surface area contributed by atoms with Gasteiger partial charge in [-0.05, 0) is 22.0 Å². The van der Waals surface area contributed by atoms with E-state index in [9.17, 15) is 0 Å². The van der Waals surface area contributed by atoms with Gasteiger partial charge in [-0.15, -0.1) is 11.3 Å². The van der Waals surface area contributed by atoms with E-state index in [2.05, 4.69) is 43.9 Å². The molecule has 0 spiro atoms. The Morgan fingerprint density at radius 3 is 3.00 bits per heavy atom. The lowest BCUT2D eigenvalue weighted by molar-refractivity contribution is 0.577. The predicted molar refractivity (Wildman–Crippen MR) is 70.8 cm³/mol. The molecular formula is C11H14BrN3S. The van der Waals surface area contributed by atoms with Crippen molar-refractivity contribution >= 4 is 27.3 Å². The summed E-state index contributed by atoms with van der Waals surface area (Å²) in [5.74, 6) is 1.08. The van der Waals surface area contributed by atoms with Crippen molar-refractivity contribution in [3.8, 4) is 0 Å². The van der Waals surface area contributed by atoms with Gasteiger partial charge in [-0.3, -0.25) is 0 Å². The minimum absolute atomic E-state index is 0.203. The molecule has 0 aliphatic rings. The summed E-state index contributed by atoms with van der Waals surface area (Å²) in [4.78, 5) is 5.60. The summed E-state index contributed by atoms with van der Waals surface area (Å²) in [5.41, 5.74) is 5.87. The van der Waals surface area contributed by atoms with E-state index in [0.717, 1.165) is 16.7 Å². The van der Waals surface area contributed by atoms with Crippen molar-refractivity contribution in [2.24, 2.45) is 5.73 Å². The van der Waals surface area contributed by atoms with Crippen molar-refractivity contribution in [3.63, 3.8) is 0 Å². The highest BCUT2D eigenvalue weighted by molar-refractivity contribution is 9.10. The maximum absolute atomic E-state index is 5.87. The van der Waals surface area contributed by atoms with Gasteiger partial charge < -0.3 is 10.3 Å². The minimum atomic E-state index is 0.203. The van der Waals surface area contributed by atoms with E-state index in [1.54, 1.807) is 11.3 Å². The number of hydrogen-bond acceptors (Lipinski definition) is 3. The molecule has 0 saturated heterocycles. The highest BCUT2D eigenvalue weighted by Crippen LogP contribution is 2.28. The van der Waals surface area contributed by atoms with Crippen LogP contribution in [0.3, 0.4) is 0 Å². The first kappa shape index (κ1) is 11.8. The van der Waals surface area contributed by atoms with Gasteiger partial charge in [0.2, 0.25) is 0 Å². The number of aromatic nitrogens is 2. The molecule has 2 rings (SSSR count). The summed E-state index contributed by atoms with van der Waals surface area (Å²) in [6, 6.07) is 2.33. The Hall–Kier alpha value is -0.650. The van der Waals surface area contributed by atoms with Crippen LogP contribution in [0.25, 0.3) is 0 Å². The summed E-state index contributed by atoms with van der Waals surface area (Å²) in [5, 5.41) is 2.08. The Morgan fingerprint density at radius 2 is 2.44 bits per heavy atom. The van der Waals surface area contributed by atoms with Crippen LogP contribution in [0.2, 0.25) is 0 Å². The van der Waals surface area contributed by atoms with Crippen LogP contribution in [-0.4, -0.2) is 16.1 Å². The summed E-state index contributed by atoms with van der Waals surface area (Å²) in [6.45, 7) is 2.70. The van der Waals surface area contributed by atoms with Crippen molar-refractivity contribution in [2.45, 2.75) is 19.4 Å². The van der Waals surface area contributed by atoms with Crippen LogP contribution in [-0.2, 0) is 6.42 Å².